The number of anilines is 3. The first-order chi connectivity index (χ1) is 19.7. The van der Waals surface area contributed by atoms with Crippen molar-refractivity contribution in [1.82, 2.24) is 19.4 Å². The lowest BCUT2D eigenvalue weighted by atomic mass is 10.1. The number of hydrogen-bond donors (Lipinski definition) is 1. The second-order valence-corrected chi connectivity index (χ2v) is 12.8. The number of piperidine rings is 1. The quantitative estimate of drug-likeness (QED) is 0.225. The molecule has 1 amide bonds. The third kappa shape index (κ3) is 8.71. The van der Waals surface area contributed by atoms with Crippen LogP contribution in [0.5, 0.6) is 0 Å². The second-order valence-electron chi connectivity index (χ2n) is 12.8. The highest BCUT2D eigenvalue weighted by molar-refractivity contribution is 5.98. The Morgan fingerprint density at radius 1 is 0.902 bits per heavy atom. The van der Waals surface area contributed by atoms with Crippen molar-refractivity contribution < 1.29 is 4.79 Å². The number of benzene rings is 2. The van der Waals surface area contributed by atoms with E-state index in [-0.39, 0.29) is 5.91 Å². The smallest absolute Gasteiger partial charge is 0.253 e. The van der Waals surface area contributed by atoms with Crippen molar-refractivity contribution in [3.63, 3.8) is 0 Å². The van der Waals surface area contributed by atoms with Crippen LogP contribution in [0.3, 0.4) is 0 Å². The first-order valence-corrected chi connectivity index (χ1v) is 15.8. The lowest BCUT2D eigenvalue weighted by molar-refractivity contribution is 0.0741. The predicted molar refractivity (Wildman–Crippen MR) is 174 cm³/mol. The summed E-state index contributed by atoms with van der Waals surface area (Å²) >= 11 is 0. The number of imidazole rings is 1. The highest BCUT2D eigenvalue weighted by Crippen LogP contribution is 2.26. The number of aryl methyl sites for hydroxylation is 1. The Kier molecular flexibility index (Phi) is 11.1. The number of carbonyl (C=O) groups is 1. The van der Waals surface area contributed by atoms with Crippen LogP contribution in [0.2, 0.25) is 0 Å². The van der Waals surface area contributed by atoms with Gasteiger partial charge in [-0.2, -0.15) is 0 Å². The van der Waals surface area contributed by atoms with E-state index in [0.29, 0.717) is 11.8 Å². The van der Waals surface area contributed by atoms with Gasteiger partial charge in [-0.05, 0) is 106 Å². The van der Waals surface area contributed by atoms with Crippen LogP contribution < -0.4 is 10.2 Å². The van der Waals surface area contributed by atoms with Gasteiger partial charge in [0, 0.05) is 50.7 Å². The molecule has 0 saturated carbocycles. The largest absolute Gasteiger partial charge is 0.378 e. The minimum Gasteiger partial charge on any atom is -0.378 e. The Balaban J connectivity index is 1.61. The third-order valence-electron chi connectivity index (χ3n) is 8.18. The molecular formula is C34H52N6O. The molecule has 4 rings (SSSR count). The predicted octanol–water partition coefficient (Wildman–Crippen LogP) is 7.26. The first kappa shape index (κ1) is 30.9. The van der Waals surface area contributed by atoms with Gasteiger partial charge in [-0.3, -0.25) is 4.79 Å². The van der Waals surface area contributed by atoms with E-state index in [2.05, 4.69) is 96.7 Å². The molecular weight excluding hydrogens is 508 g/mol. The van der Waals surface area contributed by atoms with Crippen molar-refractivity contribution in [3.05, 3.63) is 48.0 Å². The summed E-state index contributed by atoms with van der Waals surface area (Å²) in [6.07, 6.45) is 7.04. The molecule has 0 atom stereocenters. The number of likely N-dealkylation sites (tertiary alicyclic amines) is 1. The van der Waals surface area contributed by atoms with Crippen molar-refractivity contribution >= 4 is 34.3 Å². The van der Waals surface area contributed by atoms with Crippen LogP contribution in [-0.2, 0) is 6.54 Å². The molecule has 0 radical (unpaired) electrons. The van der Waals surface area contributed by atoms with Crippen molar-refractivity contribution in [3.8, 4) is 0 Å². The van der Waals surface area contributed by atoms with Gasteiger partial charge < -0.3 is 24.6 Å². The zero-order valence-electron chi connectivity index (χ0n) is 26.3. The van der Waals surface area contributed by atoms with Crippen LogP contribution >= 0.6 is 0 Å². The number of fused-ring (bicyclic) bond motifs is 1. The standard InChI is InChI=1S/C34H52N6O/c1-26(2)17-23-39(24-18-27(3)4)33(41)28-11-16-31-32(25-28)40(22-10-21-38-19-8-7-9-20-38)34(36-31)35-29-12-14-30(15-13-29)37(5)6/h11-16,25-27H,7-10,17-24H2,1-6H3,(H,35,36). The molecule has 3 aromatic rings. The normalized spacial score (nSPS) is 14.2. The lowest BCUT2D eigenvalue weighted by Crippen LogP contribution is -2.34. The van der Waals surface area contributed by atoms with Gasteiger partial charge >= 0.3 is 0 Å². The molecule has 2 heterocycles. The first-order valence-electron chi connectivity index (χ1n) is 15.8. The summed E-state index contributed by atoms with van der Waals surface area (Å²) in [5.74, 6) is 2.09. The average Bonchev–Trinajstić information content (AvgIpc) is 3.29. The molecule has 1 aromatic heterocycles. The van der Waals surface area contributed by atoms with E-state index in [1.54, 1.807) is 0 Å². The van der Waals surface area contributed by atoms with Crippen molar-refractivity contribution in [2.75, 3.05) is 57.0 Å². The maximum Gasteiger partial charge on any atom is 0.253 e. The number of hydrogen-bond acceptors (Lipinski definition) is 5. The molecule has 0 bridgehead atoms. The van der Waals surface area contributed by atoms with Gasteiger partial charge in [0.15, 0.2) is 0 Å². The summed E-state index contributed by atoms with van der Waals surface area (Å²) in [6.45, 7) is 14.8. The minimum atomic E-state index is 0.128. The molecule has 1 N–H and O–H groups in total. The van der Waals surface area contributed by atoms with Gasteiger partial charge in [0.2, 0.25) is 5.95 Å². The summed E-state index contributed by atoms with van der Waals surface area (Å²) in [7, 11) is 4.10. The molecule has 2 aromatic carbocycles. The van der Waals surface area contributed by atoms with Crippen LogP contribution in [-0.4, -0.2) is 72.1 Å². The topological polar surface area (TPSA) is 56.6 Å². The van der Waals surface area contributed by atoms with Crippen molar-refractivity contribution in [2.45, 2.75) is 72.8 Å². The van der Waals surface area contributed by atoms with E-state index in [9.17, 15) is 4.79 Å². The van der Waals surface area contributed by atoms with Gasteiger partial charge in [-0.1, -0.05) is 34.1 Å². The Morgan fingerprint density at radius 2 is 1.56 bits per heavy atom. The molecule has 0 spiro atoms. The molecule has 7 heteroatoms. The molecule has 41 heavy (non-hydrogen) atoms. The van der Waals surface area contributed by atoms with Gasteiger partial charge in [-0.25, -0.2) is 4.98 Å². The fraction of sp³-hybridized carbons (Fsp3) is 0.588. The number of amides is 1. The van der Waals surface area contributed by atoms with Crippen LogP contribution in [0, 0.1) is 11.8 Å². The van der Waals surface area contributed by atoms with Gasteiger partial charge in [0.1, 0.15) is 0 Å². The van der Waals surface area contributed by atoms with E-state index in [1.165, 1.54) is 32.4 Å². The number of nitrogens with zero attached hydrogens (tertiary/aromatic N) is 5. The van der Waals surface area contributed by atoms with E-state index in [4.69, 9.17) is 4.98 Å². The van der Waals surface area contributed by atoms with E-state index in [0.717, 1.165) is 79.4 Å². The minimum absolute atomic E-state index is 0.128. The summed E-state index contributed by atoms with van der Waals surface area (Å²) < 4.78 is 2.28. The molecule has 1 saturated heterocycles. The Morgan fingerprint density at radius 3 is 2.17 bits per heavy atom. The third-order valence-corrected chi connectivity index (χ3v) is 8.18. The van der Waals surface area contributed by atoms with E-state index < -0.39 is 0 Å². The van der Waals surface area contributed by atoms with Crippen LogP contribution in [0.4, 0.5) is 17.3 Å². The monoisotopic (exact) mass is 560 g/mol. The summed E-state index contributed by atoms with van der Waals surface area (Å²) in [6, 6.07) is 14.5. The fourth-order valence-corrected chi connectivity index (χ4v) is 5.51. The second kappa shape index (κ2) is 14.7. The number of nitrogens with one attached hydrogen (secondary N) is 1. The summed E-state index contributed by atoms with van der Waals surface area (Å²) in [4.78, 5) is 25.5. The van der Waals surface area contributed by atoms with Crippen molar-refractivity contribution in [1.29, 1.82) is 0 Å². The number of aromatic nitrogens is 2. The van der Waals surface area contributed by atoms with Crippen LogP contribution in [0.25, 0.3) is 11.0 Å². The molecule has 1 aliphatic rings. The van der Waals surface area contributed by atoms with Crippen LogP contribution in [0.15, 0.2) is 42.5 Å². The Bertz CT molecular complexity index is 1230. The Hall–Kier alpha value is -3.06. The number of carbonyl (C=O) groups excluding carboxylic acids is 1. The molecule has 1 fully saturated rings. The number of rotatable bonds is 14. The van der Waals surface area contributed by atoms with Gasteiger partial charge in [0.25, 0.3) is 5.91 Å². The molecule has 224 valence electrons. The van der Waals surface area contributed by atoms with E-state index >= 15 is 0 Å². The zero-order chi connectivity index (χ0) is 29.4. The lowest BCUT2D eigenvalue weighted by Gasteiger charge is -2.26. The van der Waals surface area contributed by atoms with Crippen molar-refractivity contribution in [2.24, 2.45) is 11.8 Å². The van der Waals surface area contributed by atoms with E-state index in [1.807, 2.05) is 12.1 Å². The molecule has 0 unspecified atom stereocenters. The maximum absolute atomic E-state index is 13.8. The maximum atomic E-state index is 13.8. The average molecular weight is 561 g/mol. The molecule has 7 nitrogen and oxygen atoms in total. The fourth-order valence-electron chi connectivity index (χ4n) is 5.51. The SMILES string of the molecule is CC(C)CCN(CCC(C)C)C(=O)c1ccc2nc(Nc3ccc(N(C)C)cc3)n(CCCN3CCCCC3)c2c1. The highest BCUT2D eigenvalue weighted by atomic mass is 16.2. The summed E-state index contributed by atoms with van der Waals surface area (Å²) in [5.41, 5.74) is 4.86. The summed E-state index contributed by atoms with van der Waals surface area (Å²) in [5, 5.41) is 3.58. The van der Waals surface area contributed by atoms with Gasteiger partial charge in [0.05, 0.1) is 11.0 Å². The zero-order valence-corrected chi connectivity index (χ0v) is 26.3. The Labute approximate surface area is 247 Å². The molecule has 1 aliphatic heterocycles. The molecule has 0 aliphatic carbocycles. The van der Waals surface area contributed by atoms with Gasteiger partial charge in [-0.15, -0.1) is 0 Å². The van der Waals surface area contributed by atoms with Crippen LogP contribution in [0.1, 0.15) is 76.6 Å². The highest BCUT2D eigenvalue weighted by Gasteiger charge is 2.20.